The monoisotopic (exact) mass is 422 g/mol. The first-order valence-electron chi connectivity index (χ1n) is 9.45. The van der Waals surface area contributed by atoms with Crippen LogP contribution in [0.2, 0.25) is 0 Å². The van der Waals surface area contributed by atoms with Gasteiger partial charge in [-0.3, -0.25) is 4.79 Å². The summed E-state index contributed by atoms with van der Waals surface area (Å²) >= 11 is 3.52. The summed E-state index contributed by atoms with van der Waals surface area (Å²) in [5, 5.41) is 3.00. The molecule has 3 nitrogen and oxygen atoms in total. The predicted octanol–water partition coefficient (Wildman–Crippen LogP) is 5.36. The number of benzene rings is 2. The zero-order valence-electron chi connectivity index (χ0n) is 15.5. The van der Waals surface area contributed by atoms with Crippen molar-refractivity contribution in [2.75, 3.05) is 0 Å². The molecular weight excluding hydrogens is 400 g/mol. The van der Waals surface area contributed by atoms with Crippen LogP contribution in [0.4, 0.5) is 0 Å². The van der Waals surface area contributed by atoms with E-state index in [0.29, 0.717) is 12.1 Å². The summed E-state index contributed by atoms with van der Waals surface area (Å²) < 4.78 is 3.35. The highest BCUT2D eigenvalue weighted by molar-refractivity contribution is 9.10. The fourth-order valence-electron chi connectivity index (χ4n) is 3.89. The molecule has 27 heavy (non-hydrogen) atoms. The first-order chi connectivity index (χ1) is 13.1. The molecule has 1 aliphatic rings. The Kier molecular flexibility index (Phi) is 5.17. The van der Waals surface area contributed by atoms with Crippen molar-refractivity contribution >= 4 is 21.8 Å². The van der Waals surface area contributed by atoms with Gasteiger partial charge >= 0.3 is 0 Å². The van der Waals surface area contributed by atoms with Gasteiger partial charge in [0.25, 0.3) is 5.91 Å². The van der Waals surface area contributed by atoms with E-state index in [1.807, 2.05) is 36.4 Å². The van der Waals surface area contributed by atoms with Crippen molar-refractivity contribution in [1.82, 2.24) is 9.88 Å². The molecule has 3 aromatic rings. The Morgan fingerprint density at radius 3 is 2.59 bits per heavy atom. The van der Waals surface area contributed by atoms with Crippen molar-refractivity contribution in [3.63, 3.8) is 0 Å². The third-order valence-corrected chi connectivity index (χ3v) is 6.04. The van der Waals surface area contributed by atoms with Gasteiger partial charge in [-0.2, -0.15) is 0 Å². The van der Waals surface area contributed by atoms with E-state index in [9.17, 15) is 4.79 Å². The molecule has 1 aliphatic carbocycles. The van der Waals surface area contributed by atoms with Crippen molar-refractivity contribution in [1.29, 1.82) is 0 Å². The molecule has 1 N–H and O–H groups in total. The summed E-state index contributed by atoms with van der Waals surface area (Å²) in [6.07, 6.45) is 4.86. The minimum atomic E-state index is -0.0523. The minimum absolute atomic E-state index is 0.0523. The number of halogens is 1. The second-order valence-corrected chi connectivity index (χ2v) is 7.98. The van der Waals surface area contributed by atoms with Crippen LogP contribution in [0.1, 0.15) is 45.7 Å². The largest absolute Gasteiger partial charge is 0.348 e. The lowest BCUT2D eigenvalue weighted by molar-refractivity contribution is 0.0951. The lowest BCUT2D eigenvalue weighted by Gasteiger charge is -2.17. The van der Waals surface area contributed by atoms with E-state index in [0.717, 1.165) is 22.1 Å². The molecule has 0 fully saturated rings. The van der Waals surface area contributed by atoms with Crippen LogP contribution >= 0.6 is 15.9 Å². The van der Waals surface area contributed by atoms with Gasteiger partial charge in [0.15, 0.2) is 0 Å². The lowest BCUT2D eigenvalue weighted by Crippen LogP contribution is -2.23. The number of aromatic nitrogens is 1. The van der Waals surface area contributed by atoms with Crippen LogP contribution in [0.3, 0.4) is 0 Å². The summed E-state index contributed by atoms with van der Waals surface area (Å²) in [6.45, 7) is 2.67. The molecule has 138 valence electrons. The van der Waals surface area contributed by atoms with E-state index in [1.54, 1.807) is 0 Å². The first-order valence-corrected chi connectivity index (χ1v) is 10.2. The number of amides is 1. The molecular formula is C23H23BrN2O. The Balaban J connectivity index is 1.50. The number of nitrogens with one attached hydrogen (secondary N) is 1. The van der Waals surface area contributed by atoms with Crippen LogP contribution < -0.4 is 5.32 Å². The standard InChI is InChI=1S/C23H23BrN2O/c1-16-14-18-6-3-5-9-22(18)26(16)20-12-10-17(11-13-20)23(27)25-15-19-7-2-4-8-21(19)24/h2,4,7-8,10-14H,3,5-6,9,15H2,1H3,(H,25,27). The molecule has 1 aromatic heterocycles. The number of nitrogens with zero attached hydrogens (tertiary/aromatic N) is 1. The Morgan fingerprint density at radius 2 is 1.81 bits per heavy atom. The number of carbonyl (C=O) groups is 1. The highest BCUT2D eigenvalue weighted by atomic mass is 79.9. The summed E-state index contributed by atoms with van der Waals surface area (Å²) in [5.74, 6) is -0.0523. The summed E-state index contributed by atoms with van der Waals surface area (Å²) in [4.78, 5) is 12.5. The van der Waals surface area contributed by atoms with Crippen molar-refractivity contribution < 1.29 is 4.79 Å². The van der Waals surface area contributed by atoms with Gasteiger partial charge in [-0.15, -0.1) is 0 Å². The molecule has 4 heteroatoms. The second kappa shape index (κ2) is 7.73. The molecule has 4 rings (SSSR count). The van der Waals surface area contributed by atoms with Crippen LogP contribution in [0.15, 0.2) is 59.1 Å². The number of rotatable bonds is 4. The Morgan fingerprint density at radius 1 is 1.07 bits per heavy atom. The van der Waals surface area contributed by atoms with Gasteiger partial charge in [-0.25, -0.2) is 0 Å². The van der Waals surface area contributed by atoms with E-state index in [-0.39, 0.29) is 5.91 Å². The van der Waals surface area contributed by atoms with Crippen LogP contribution in [-0.4, -0.2) is 10.5 Å². The normalized spacial score (nSPS) is 13.3. The van der Waals surface area contributed by atoms with E-state index >= 15 is 0 Å². The van der Waals surface area contributed by atoms with Crippen molar-refractivity contribution in [2.24, 2.45) is 0 Å². The van der Waals surface area contributed by atoms with Gasteiger partial charge in [0.2, 0.25) is 0 Å². The summed E-state index contributed by atoms with van der Waals surface area (Å²) in [5.41, 5.74) is 7.08. The first kappa shape index (κ1) is 18.1. The van der Waals surface area contributed by atoms with Crippen LogP contribution in [0, 0.1) is 6.92 Å². The number of carbonyl (C=O) groups excluding carboxylic acids is 1. The lowest BCUT2D eigenvalue weighted by atomic mass is 9.98. The van der Waals surface area contributed by atoms with Crippen LogP contribution in [0.25, 0.3) is 5.69 Å². The molecule has 0 spiro atoms. The predicted molar refractivity (Wildman–Crippen MR) is 112 cm³/mol. The van der Waals surface area contributed by atoms with Gasteiger partial charge in [-0.1, -0.05) is 34.1 Å². The summed E-state index contributed by atoms with van der Waals surface area (Å²) in [6, 6.07) is 18.2. The molecule has 1 heterocycles. The molecule has 2 aromatic carbocycles. The number of aryl methyl sites for hydroxylation is 2. The maximum absolute atomic E-state index is 12.5. The SMILES string of the molecule is Cc1cc2c(n1-c1ccc(C(=O)NCc3ccccc3Br)cc1)CCCC2. The molecule has 0 unspecified atom stereocenters. The molecule has 0 aliphatic heterocycles. The van der Waals surface area contributed by atoms with E-state index < -0.39 is 0 Å². The number of hydrogen-bond donors (Lipinski definition) is 1. The fourth-order valence-corrected chi connectivity index (χ4v) is 4.32. The van der Waals surface area contributed by atoms with Gasteiger partial charge in [-0.05, 0) is 80.1 Å². The third-order valence-electron chi connectivity index (χ3n) is 5.27. The quantitative estimate of drug-likeness (QED) is 0.603. The maximum Gasteiger partial charge on any atom is 0.251 e. The Labute approximate surface area is 168 Å². The van der Waals surface area contributed by atoms with Crippen LogP contribution in [-0.2, 0) is 19.4 Å². The zero-order valence-corrected chi connectivity index (χ0v) is 17.1. The Bertz CT molecular complexity index is 973. The molecule has 0 atom stereocenters. The van der Waals surface area contributed by atoms with E-state index in [1.165, 1.54) is 36.2 Å². The van der Waals surface area contributed by atoms with Gasteiger partial charge in [0.1, 0.15) is 0 Å². The van der Waals surface area contributed by atoms with E-state index in [2.05, 4.69) is 50.9 Å². The smallest absolute Gasteiger partial charge is 0.251 e. The van der Waals surface area contributed by atoms with Gasteiger partial charge in [0, 0.05) is 33.7 Å². The van der Waals surface area contributed by atoms with Crippen LogP contribution in [0.5, 0.6) is 0 Å². The molecule has 0 bridgehead atoms. The number of hydrogen-bond acceptors (Lipinski definition) is 1. The molecule has 0 saturated heterocycles. The average Bonchev–Trinajstić information content (AvgIpc) is 3.03. The highest BCUT2D eigenvalue weighted by Gasteiger charge is 2.17. The van der Waals surface area contributed by atoms with Gasteiger partial charge in [0.05, 0.1) is 0 Å². The molecule has 0 radical (unpaired) electrons. The Hall–Kier alpha value is -2.33. The maximum atomic E-state index is 12.5. The summed E-state index contributed by atoms with van der Waals surface area (Å²) in [7, 11) is 0. The highest BCUT2D eigenvalue weighted by Crippen LogP contribution is 2.28. The molecule has 0 saturated carbocycles. The second-order valence-electron chi connectivity index (χ2n) is 7.12. The third kappa shape index (κ3) is 3.72. The van der Waals surface area contributed by atoms with Gasteiger partial charge < -0.3 is 9.88 Å². The number of fused-ring (bicyclic) bond motifs is 1. The molecule has 1 amide bonds. The average molecular weight is 423 g/mol. The van der Waals surface area contributed by atoms with Crippen molar-refractivity contribution in [3.05, 3.63) is 87.1 Å². The topological polar surface area (TPSA) is 34.0 Å². The van der Waals surface area contributed by atoms with E-state index in [4.69, 9.17) is 0 Å². The zero-order chi connectivity index (χ0) is 18.8. The fraction of sp³-hybridized carbons (Fsp3) is 0.261. The minimum Gasteiger partial charge on any atom is -0.348 e. The van der Waals surface area contributed by atoms with Crippen molar-refractivity contribution in [2.45, 2.75) is 39.2 Å². The van der Waals surface area contributed by atoms with Crippen molar-refractivity contribution in [3.8, 4) is 5.69 Å².